The fourth-order valence-electron chi connectivity index (χ4n) is 8.73. The Morgan fingerprint density at radius 1 is 0.270 bits per heavy atom. The summed E-state index contributed by atoms with van der Waals surface area (Å²) in [5.74, 6) is 1.16. The summed E-state index contributed by atoms with van der Waals surface area (Å²) >= 11 is 0. The van der Waals surface area contributed by atoms with Crippen molar-refractivity contribution in [2.45, 2.75) is 219 Å². The summed E-state index contributed by atoms with van der Waals surface area (Å²) in [4.78, 5) is 50.5. The molecular formula is C64H90O10. The van der Waals surface area contributed by atoms with Gasteiger partial charge in [0.1, 0.15) is 34.5 Å². The molecule has 0 aromatic heterocycles. The van der Waals surface area contributed by atoms with E-state index in [4.69, 9.17) is 28.4 Å². The van der Waals surface area contributed by atoms with Crippen LogP contribution in [0.25, 0.3) is 0 Å². The molecular weight excluding hydrogens is 929 g/mol. The highest BCUT2D eigenvalue weighted by Crippen LogP contribution is 2.24. The molecule has 0 bridgehead atoms. The first kappa shape index (κ1) is 60.9. The Morgan fingerprint density at radius 3 is 0.784 bits per heavy atom. The van der Waals surface area contributed by atoms with Crippen LogP contribution in [0.4, 0.5) is 0 Å². The summed E-state index contributed by atoms with van der Waals surface area (Å²) in [7, 11) is 0. The van der Waals surface area contributed by atoms with Crippen LogP contribution in [0.1, 0.15) is 240 Å². The van der Waals surface area contributed by atoms with Gasteiger partial charge in [0.15, 0.2) is 0 Å². The largest absolute Gasteiger partial charge is 0.494 e. The summed E-state index contributed by atoms with van der Waals surface area (Å²) in [5.41, 5.74) is 0.825. The third-order valence-corrected chi connectivity index (χ3v) is 13.3. The van der Waals surface area contributed by atoms with Crippen molar-refractivity contribution in [1.29, 1.82) is 0 Å². The molecule has 4 aromatic carbocycles. The second-order valence-corrected chi connectivity index (χ2v) is 19.8. The lowest BCUT2D eigenvalue weighted by Crippen LogP contribution is -2.10. The van der Waals surface area contributed by atoms with Crippen LogP contribution in [0.15, 0.2) is 97.1 Å². The zero-order valence-electron chi connectivity index (χ0n) is 45.4. The Bertz CT molecular complexity index is 1930. The van der Waals surface area contributed by atoms with E-state index in [1.54, 1.807) is 97.1 Å². The van der Waals surface area contributed by atoms with Crippen LogP contribution in [0.3, 0.4) is 0 Å². The van der Waals surface area contributed by atoms with Crippen molar-refractivity contribution in [3.63, 3.8) is 0 Å². The third kappa shape index (κ3) is 28.7. The van der Waals surface area contributed by atoms with E-state index < -0.39 is 11.9 Å². The molecule has 0 amide bonds. The molecule has 0 aliphatic carbocycles. The lowest BCUT2D eigenvalue weighted by atomic mass is 10.0. The van der Waals surface area contributed by atoms with E-state index in [-0.39, 0.29) is 24.8 Å². The van der Waals surface area contributed by atoms with Gasteiger partial charge in [-0.3, -0.25) is 9.59 Å². The first-order chi connectivity index (χ1) is 36.3. The Labute approximate surface area is 445 Å². The molecule has 406 valence electrons. The lowest BCUT2D eigenvalue weighted by molar-refractivity contribution is -0.135. The van der Waals surface area contributed by atoms with Gasteiger partial charge in [0.25, 0.3) is 0 Å². The van der Waals surface area contributed by atoms with Crippen molar-refractivity contribution in [2.75, 3.05) is 13.2 Å². The Morgan fingerprint density at radius 2 is 0.500 bits per heavy atom. The van der Waals surface area contributed by atoms with Crippen molar-refractivity contribution >= 4 is 23.9 Å². The maximum absolute atomic E-state index is 12.8. The van der Waals surface area contributed by atoms with Gasteiger partial charge in [0.2, 0.25) is 0 Å². The van der Waals surface area contributed by atoms with E-state index in [0.717, 1.165) is 50.0 Å². The molecule has 0 aliphatic rings. The predicted molar refractivity (Wildman–Crippen MR) is 297 cm³/mol. The lowest BCUT2D eigenvalue weighted by Gasteiger charge is -2.09. The molecule has 4 aromatic rings. The minimum absolute atomic E-state index is 0.233. The molecule has 0 atom stereocenters. The van der Waals surface area contributed by atoms with Crippen LogP contribution in [0, 0.1) is 0 Å². The fraction of sp³-hybridized carbons (Fsp3) is 0.562. The smallest absolute Gasteiger partial charge is 0.343 e. The van der Waals surface area contributed by atoms with Gasteiger partial charge in [-0.2, -0.15) is 0 Å². The molecule has 0 spiro atoms. The molecule has 0 heterocycles. The number of ether oxygens (including phenoxy) is 6. The van der Waals surface area contributed by atoms with Crippen molar-refractivity contribution in [3.05, 3.63) is 108 Å². The SMILES string of the molecule is CCCCCCCCCCCCCCCOc1ccc(C(=O)Oc2ccc(OC(=O)CCCCCCC(=O)Oc3ccc(OC(=O)c4ccc(OCCCCCCCCCCCCCCC)cc4)cc3)cc2)cc1. The Kier molecular flexibility index (Phi) is 32.7. The van der Waals surface area contributed by atoms with Crippen molar-refractivity contribution in [3.8, 4) is 34.5 Å². The van der Waals surface area contributed by atoms with Gasteiger partial charge in [0.05, 0.1) is 24.3 Å². The topological polar surface area (TPSA) is 124 Å². The monoisotopic (exact) mass is 1020 g/mol. The van der Waals surface area contributed by atoms with Crippen molar-refractivity contribution < 1.29 is 47.6 Å². The van der Waals surface area contributed by atoms with Gasteiger partial charge < -0.3 is 28.4 Å². The average Bonchev–Trinajstić information content (AvgIpc) is 3.41. The normalized spacial score (nSPS) is 11.0. The number of unbranched alkanes of at least 4 members (excludes halogenated alkanes) is 27. The number of rotatable bonds is 43. The highest BCUT2D eigenvalue weighted by molar-refractivity contribution is 5.91. The molecule has 0 aliphatic heterocycles. The number of carbonyl (C=O) groups is 4. The van der Waals surface area contributed by atoms with E-state index in [0.29, 0.717) is 60.2 Å². The average molecular weight is 1020 g/mol. The molecule has 74 heavy (non-hydrogen) atoms. The molecule has 0 unspecified atom stereocenters. The zero-order chi connectivity index (χ0) is 52.5. The predicted octanol–water partition coefficient (Wildman–Crippen LogP) is 17.9. The van der Waals surface area contributed by atoms with Crippen LogP contribution in [-0.4, -0.2) is 37.1 Å². The van der Waals surface area contributed by atoms with Gasteiger partial charge in [-0.05, 0) is 123 Å². The molecule has 0 saturated heterocycles. The van der Waals surface area contributed by atoms with E-state index in [9.17, 15) is 19.2 Å². The maximum atomic E-state index is 12.8. The van der Waals surface area contributed by atoms with Gasteiger partial charge in [0, 0.05) is 12.8 Å². The van der Waals surface area contributed by atoms with Crippen LogP contribution >= 0.6 is 0 Å². The first-order valence-corrected chi connectivity index (χ1v) is 28.8. The number of esters is 4. The standard InChI is InChI=1S/C64H90O10/c1-3-5-7-9-11-13-15-17-19-21-23-27-31-51-69-55-39-35-53(36-40-55)63(67)73-59-47-43-57(44-48-59)71-61(65)33-29-25-26-30-34-62(66)72-58-45-49-60(50-46-58)74-64(68)54-37-41-56(42-38-54)70-52-32-28-24-22-20-18-16-14-12-10-8-6-4-2/h35-50H,3-34,51-52H2,1-2H3. The van der Waals surface area contributed by atoms with Crippen LogP contribution in [-0.2, 0) is 9.59 Å². The fourth-order valence-corrected chi connectivity index (χ4v) is 8.73. The highest BCUT2D eigenvalue weighted by Gasteiger charge is 2.13. The van der Waals surface area contributed by atoms with Gasteiger partial charge in [-0.15, -0.1) is 0 Å². The van der Waals surface area contributed by atoms with Gasteiger partial charge in [-0.1, -0.05) is 181 Å². The quantitative estimate of drug-likeness (QED) is 0.0240. The summed E-state index contributed by atoms with van der Waals surface area (Å²) in [6, 6.07) is 26.7. The number of hydrogen-bond donors (Lipinski definition) is 0. The number of benzene rings is 4. The summed E-state index contributed by atoms with van der Waals surface area (Å²) in [6.45, 7) is 5.85. The molecule has 0 N–H and O–H groups in total. The second kappa shape index (κ2) is 39.8. The van der Waals surface area contributed by atoms with E-state index in [1.165, 1.54) is 141 Å². The highest BCUT2D eigenvalue weighted by atomic mass is 16.5. The van der Waals surface area contributed by atoms with Gasteiger partial charge in [-0.25, -0.2) is 9.59 Å². The van der Waals surface area contributed by atoms with Crippen LogP contribution in [0.2, 0.25) is 0 Å². The molecule has 10 nitrogen and oxygen atoms in total. The number of hydrogen-bond acceptors (Lipinski definition) is 10. The van der Waals surface area contributed by atoms with Crippen LogP contribution in [0.5, 0.6) is 34.5 Å². The van der Waals surface area contributed by atoms with Gasteiger partial charge >= 0.3 is 23.9 Å². The minimum Gasteiger partial charge on any atom is -0.494 e. The molecule has 4 rings (SSSR count). The summed E-state index contributed by atoms with van der Waals surface area (Å²) in [5, 5.41) is 0. The first-order valence-electron chi connectivity index (χ1n) is 28.8. The van der Waals surface area contributed by atoms with E-state index >= 15 is 0 Å². The van der Waals surface area contributed by atoms with Crippen molar-refractivity contribution in [2.24, 2.45) is 0 Å². The molecule has 0 radical (unpaired) electrons. The Balaban J connectivity index is 0.967. The summed E-state index contributed by atoms with van der Waals surface area (Å²) in [6.07, 6.45) is 37.2. The molecule has 10 heteroatoms. The number of carbonyl (C=O) groups excluding carboxylic acids is 4. The second-order valence-electron chi connectivity index (χ2n) is 19.8. The Hall–Kier alpha value is -5.64. The van der Waals surface area contributed by atoms with E-state index in [2.05, 4.69) is 13.8 Å². The van der Waals surface area contributed by atoms with Crippen LogP contribution < -0.4 is 28.4 Å². The molecule has 0 saturated carbocycles. The minimum atomic E-state index is -0.487. The third-order valence-electron chi connectivity index (χ3n) is 13.3. The summed E-state index contributed by atoms with van der Waals surface area (Å²) < 4.78 is 33.8. The maximum Gasteiger partial charge on any atom is 0.343 e. The molecule has 0 fully saturated rings. The van der Waals surface area contributed by atoms with E-state index in [1.807, 2.05) is 0 Å². The van der Waals surface area contributed by atoms with Crippen molar-refractivity contribution in [1.82, 2.24) is 0 Å². The zero-order valence-corrected chi connectivity index (χ0v) is 45.4.